The van der Waals surface area contributed by atoms with Crippen LogP contribution in [0, 0.1) is 0 Å². The first kappa shape index (κ1) is 18.0. The van der Waals surface area contributed by atoms with E-state index in [0.29, 0.717) is 6.54 Å². The lowest BCUT2D eigenvalue weighted by Gasteiger charge is -1.99. The summed E-state index contributed by atoms with van der Waals surface area (Å²) in [6.45, 7) is 0.306. The molecule has 3 aromatic heterocycles. The highest BCUT2D eigenvalue weighted by molar-refractivity contribution is 7.13. The number of carbonyl (C=O) groups is 1. The number of aromatic amines is 1. The molecule has 1 N–H and O–H groups in total. The van der Waals surface area contributed by atoms with Gasteiger partial charge in [-0.3, -0.25) is 9.89 Å². The van der Waals surface area contributed by atoms with Crippen molar-refractivity contribution < 1.29 is 21.8 Å². The first-order valence-electron chi connectivity index (χ1n) is 7.96. The molecule has 0 unspecified atom stereocenters. The van der Waals surface area contributed by atoms with Gasteiger partial charge in [-0.15, -0.1) is 11.3 Å². The van der Waals surface area contributed by atoms with Crippen molar-refractivity contribution in [1.82, 2.24) is 10.2 Å². The highest BCUT2D eigenvalue weighted by Gasteiger charge is 2.14. The molecule has 0 saturated heterocycles. The lowest BCUT2D eigenvalue weighted by molar-refractivity contribution is -0.682. The van der Waals surface area contributed by atoms with E-state index in [1.807, 2.05) is 76.9 Å². The van der Waals surface area contributed by atoms with Crippen molar-refractivity contribution in [3.8, 4) is 21.8 Å². The first-order chi connectivity index (χ1) is 12.3. The van der Waals surface area contributed by atoms with E-state index in [4.69, 9.17) is 0 Å². The average molecular weight is 382 g/mol. The molecule has 0 fully saturated rings. The highest BCUT2D eigenvalue weighted by atomic mass is 35.5. The van der Waals surface area contributed by atoms with E-state index in [2.05, 4.69) is 16.3 Å². The third kappa shape index (κ3) is 3.90. The van der Waals surface area contributed by atoms with Crippen molar-refractivity contribution in [1.29, 1.82) is 0 Å². The van der Waals surface area contributed by atoms with Gasteiger partial charge < -0.3 is 12.4 Å². The molecule has 0 aliphatic rings. The Hall–Kier alpha value is -2.76. The van der Waals surface area contributed by atoms with Crippen molar-refractivity contribution in [2.24, 2.45) is 0 Å². The number of halogens is 1. The molecule has 3 heterocycles. The molecule has 6 heteroatoms. The van der Waals surface area contributed by atoms with E-state index in [1.54, 1.807) is 11.3 Å². The number of ketones is 1. The van der Waals surface area contributed by atoms with Gasteiger partial charge in [0.25, 0.3) is 0 Å². The van der Waals surface area contributed by atoms with Crippen LogP contribution >= 0.6 is 11.3 Å². The Bertz CT molecular complexity index is 997. The van der Waals surface area contributed by atoms with Gasteiger partial charge in [-0.2, -0.15) is 9.67 Å². The molecule has 4 rings (SSSR count). The summed E-state index contributed by atoms with van der Waals surface area (Å²) in [6.07, 6.45) is 3.85. The summed E-state index contributed by atoms with van der Waals surface area (Å²) in [6, 6.07) is 19.4. The first-order valence-corrected chi connectivity index (χ1v) is 8.84. The lowest BCUT2D eigenvalue weighted by Crippen LogP contribution is -3.00. The molecule has 4 nitrogen and oxygen atoms in total. The van der Waals surface area contributed by atoms with Crippen LogP contribution in [0.4, 0.5) is 0 Å². The Kier molecular flexibility index (Phi) is 5.61. The van der Waals surface area contributed by atoms with E-state index in [1.165, 1.54) is 0 Å². The summed E-state index contributed by atoms with van der Waals surface area (Å²) in [5.41, 5.74) is 3.56. The number of pyridine rings is 1. The Balaban J connectivity index is 0.00000196. The van der Waals surface area contributed by atoms with Crippen LogP contribution in [-0.4, -0.2) is 16.0 Å². The fraction of sp³-hybridized carbons (Fsp3) is 0.0500. The summed E-state index contributed by atoms with van der Waals surface area (Å²) < 4.78 is 1.89. The zero-order chi connectivity index (χ0) is 17.1. The van der Waals surface area contributed by atoms with E-state index >= 15 is 0 Å². The Morgan fingerprint density at radius 3 is 2.69 bits per heavy atom. The molecule has 0 radical (unpaired) electrons. The Morgan fingerprint density at radius 2 is 1.92 bits per heavy atom. The third-order valence-corrected chi connectivity index (χ3v) is 4.84. The minimum atomic E-state index is 0. The van der Waals surface area contributed by atoms with Gasteiger partial charge >= 0.3 is 0 Å². The SMILES string of the molecule is O=C(C[n+]1cccc(-c2cc(-c3cccs3)[nH]n2)c1)c1ccccc1.[Cl-]. The van der Waals surface area contributed by atoms with Gasteiger partial charge in [0.05, 0.1) is 21.8 Å². The van der Waals surface area contributed by atoms with Crippen LogP contribution in [0.1, 0.15) is 10.4 Å². The van der Waals surface area contributed by atoms with Gasteiger partial charge in [-0.05, 0) is 23.6 Å². The second-order valence-electron chi connectivity index (χ2n) is 5.70. The minimum absolute atomic E-state index is 0. The molecule has 130 valence electrons. The standard InChI is InChI=1S/C20H16N3OS.ClH/c24-19(15-6-2-1-3-7-15)14-23-10-4-8-16(13-23)17-12-18(22-21-17)20-9-5-11-25-20;/h1-13H,14H2,(H,21,22);1H/q+1;/p-1. The lowest BCUT2D eigenvalue weighted by atomic mass is 10.1. The molecule has 0 saturated carbocycles. The molecule has 0 aliphatic carbocycles. The maximum Gasteiger partial charge on any atom is 0.227 e. The zero-order valence-corrected chi connectivity index (χ0v) is 15.4. The zero-order valence-electron chi connectivity index (χ0n) is 13.8. The summed E-state index contributed by atoms with van der Waals surface area (Å²) in [7, 11) is 0. The number of nitrogens with one attached hydrogen (secondary N) is 1. The molecule has 26 heavy (non-hydrogen) atoms. The van der Waals surface area contributed by atoms with E-state index in [0.717, 1.165) is 27.4 Å². The maximum atomic E-state index is 12.4. The number of thiophene rings is 1. The van der Waals surface area contributed by atoms with Crippen LogP contribution in [-0.2, 0) is 6.54 Å². The number of hydrogen-bond donors (Lipinski definition) is 1. The van der Waals surface area contributed by atoms with Crippen LogP contribution in [0.2, 0.25) is 0 Å². The average Bonchev–Trinajstić information content (AvgIpc) is 3.34. The predicted octanol–water partition coefficient (Wildman–Crippen LogP) is 0.980. The number of benzene rings is 1. The predicted molar refractivity (Wildman–Crippen MR) is 98.3 cm³/mol. The number of carbonyl (C=O) groups excluding carboxylic acids is 1. The summed E-state index contributed by atoms with van der Waals surface area (Å²) >= 11 is 1.67. The molecule has 0 bridgehead atoms. The Labute approximate surface area is 161 Å². The largest absolute Gasteiger partial charge is 1.00 e. The van der Waals surface area contributed by atoms with Crippen LogP contribution < -0.4 is 17.0 Å². The van der Waals surface area contributed by atoms with Crippen molar-refractivity contribution in [2.45, 2.75) is 6.54 Å². The van der Waals surface area contributed by atoms with Gasteiger partial charge in [-0.25, -0.2) is 0 Å². The molecular weight excluding hydrogens is 366 g/mol. The Morgan fingerprint density at radius 1 is 1.08 bits per heavy atom. The van der Waals surface area contributed by atoms with Crippen molar-refractivity contribution in [2.75, 3.05) is 0 Å². The molecule has 0 aliphatic heterocycles. The van der Waals surface area contributed by atoms with Gasteiger partial charge in [-0.1, -0.05) is 36.4 Å². The number of nitrogens with zero attached hydrogens (tertiary/aromatic N) is 2. The molecule has 0 spiro atoms. The smallest absolute Gasteiger partial charge is 0.227 e. The molecule has 0 atom stereocenters. The minimum Gasteiger partial charge on any atom is -1.00 e. The monoisotopic (exact) mass is 381 g/mol. The fourth-order valence-corrected chi connectivity index (χ4v) is 3.37. The van der Waals surface area contributed by atoms with Crippen molar-refractivity contribution in [3.63, 3.8) is 0 Å². The molecule has 1 aromatic carbocycles. The number of H-pyrrole nitrogens is 1. The summed E-state index contributed by atoms with van der Waals surface area (Å²) in [5, 5.41) is 9.52. The van der Waals surface area contributed by atoms with Crippen LogP contribution in [0.5, 0.6) is 0 Å². The van der Waals surface area contributed by atoms with E-state index in [-0.39, 0.29) is 18.2 Å². The van der Waals surface area contributed by atoms with Crippen molar-refractivity contribution in [3.05, 3.63) is 84.0 Å². The third-order valence-electron chi connectivity index (χ3n) is 3.94. The van der Waals surface area contributed by atoms with Gasteiger partial charge in [0.2, 0.25) is 12.3 Å². The summed E-state index contributed by atoms with van der Waals surface area (Å²) in [4.78, 5) is 13.5. The van der Waals surface area contributed by atoms with Gasteiger partial charge in [0.15, 0.2) is 12.4 Å². The van der Waals surface area contributed by atoms with E-state index < -0.39 is 0 Å². The normalized spacial score (nSPS) is 10.3. The van der Waals surface area contributed by atoms with Gasteiger partial charge in [0, 0.05) is 11.6 Å². The number of rotatable bonds is 5. The van der Waals surface area contributed by atoms with Crippen LogP contribution in [0.25, 0.3) is 21.8 Å². The fourth-order valence-electron chi connectivity index (χ4n) is 2.68. The number of Topliss-reactive ketones (excluding diaryl/α,β-unsaturated/α-hetero) is 1. The highest BCUT2D eigenvalue weighted by Crippen LogP contribution is 2.26. The van der Waals surface area contributed by atoms with E-state index in [9.17, 15) is 4.79 Å². The number of hydrogen-bond acceptors (Lipinski definition) is 3. The van der Waals surface area contributed by atoms with Gasteiger partial charge in [0.1, 0.15) is 0 Å². The number of aromatic nitrogens is 3. The van der Waals surface area contributed by atoms with Crippen LogP contribution in [0.3, 0.4) is 0 Å². The summed E-state index contributed by atoms with van der Waals surface area (Å²) in [5.74, 6) is 0.0871. The quantitative estimate of drug-likeness (QED) is 0.414. The molecule has 4 aromatic rings. The molecular formula is C20H16ClN3OS. The van der Waals surface area contributed by atoms with Crippen LogP contribution in [0.15, 0.2) is 78.4 Å². The van der Waals surface area contributed by atoms with Crippen molar-refractivity contribution >= 4 is 17.1 Å². The second-order valence-corrected chi connectivity index (χ2v) is 6.65. The second kappa shape index (κ2) is 8.08. The molecule has 0 amide bonds. The topological polar surface area (TPSA) is 49.6 Å². The maximum absolute atomic E-state index is 12.4.